The van der Waals surface area contributed by atoms with E-state index in [9.17, 15) is 4.79 Å². The van der Waals surface area contributed by atoms with Crippen LogP contribution in [0.5, 0.6) is 0 Å². The first kappa shape index (κ1) is 11.1. The fourth-order valence-electron chi connectivity index (χ4n) is 1.41. The van der Waals surface area contributed by atoms with E-state index in [0.717, 1.165) is 5.56 Å². The van der Waals surface area contributed by atoms with Crippen LogP contribution in [0, 0.1) is 6.92 Å². The Morgan fingerprint density at radius 1 is 1.53 bits per heavy atom. The van der Waals surface area contributed by atoms with Gasteiger partial charge in [-0.1, -0.05) is 0 Å². The molecule has 2 N–H and O–H groups in total. The van der Waals surface area contributed by atoms with Crippen LogP contribution in [0.25, 0.3) is 5.82 Å². The van der Waals surface area contributed by atoms with Crippen LogP contribution >= 0.6 is 0 Å². The summed E-state index contributed by atoms with van der Waals surface area (Å²) >= 11 is 0. The largest absolute Gasteiger partial charge is 0.464 e. The number of carbonyl (C=O) groups is 1. The lowest BCUT2D eigenvalue weighted by molar-refractivity contribution is 0.0594. The van der Waals surface area contributed by atoms with Crippen molar-refractivity contribution in [1.82, 2.24) is 14.8 Å². The van der Waals surface area contributed by atoms with Gasteiger partial charge < -0.3 is 10.5 Å². The molecule has 0 radical (unpaired) electrons. The van der Waals surface area contributed by atoms with Crippen LogP contribution in [0.1, 0.15) is 16.1 Å². The minimum Gasteiger partial charge on any atom is -0.464 e. The van der Waals surface area contributed by atoms with Crippen LogP contribution in [0.4, 0.5) is 5.69 Å². The molecule has 0 spiro atoms. The van der Waals surface area contributed by atoms with Crippen molar-refractivity contribution in [3.63, 3.8) is 0 Å². The highest BCUT2D eigenvalue weighted by Crippen LogP contribution is 2.14. The first-order valence-electron chi connectivity index (χ1n) is 4.98. The number of aryl methyl sites for hydroxylation is 1. The standard InChI is InChI=1S/C11H12N4O2/c1-7-3-4-13-9(5-7)15-6-8(12)10(14-15)11(16)17-2/h3-6H,12H2,1-2H3. The first-order valence-corrected chi connectivity index (χ1v) is 4.98. The molecule has 2 aromatic heterocycles. The monoisotopic (exact) mass is 232 g/mol. The molecule has 0 amide bonds. The molecule has 6 heteroatoms. The number of nitrogens with two attached hydrogens (primary N) is 1. The number of anilines is 1. The van der Waals surface area contributed by atoms with Crippen molar-refractivity contribution in [2.75, 3.05) is 12.8 Å². The number of methoxy groups -OCH3 is 1. The number of esters is 1. The average molecular weight is 232 g/mol. The summed E-state index contributed by atoms with van der Waals surface area (Å²) in [6.45, 7) is 1.94. The lowest BCUT2D eigenvalue weighted by atomic mass is 10.3. The highest BCUT2D eigenvalue weighted by molar-refractivity contribution is 5.92. The van der Waals surface area contributed by atoms with Gasteiger partial charge in [-0.25, -0.2) is 14.5 Å². The smallest absolute Gasteiger partial charge is 0.360 e. The van der Waals surface area contributed by atoms with Crippen LogP contribution in [0.2, 0.25) is 0 Å². The second kappa shape index (κ2) is 4.25. The predicted octanol–water partition coefficient (Wildman–Crippen LogP) is 0.945. The normalized spacial score (nSPS) is 10.2. The molecule has 2 rings (SSSR count). The highest BCUT2D eigenvalue weighted by atomic mass is 16.5. The molecule has 0 atom stereocenters. The fourth-order valence-corrected chi connectivity index (χ4v) is 1.41. The molecule has 6 nitrogen and oxygen atoms in total. The van der Waals surface area contributed by atoms with Gasteiger partial charge in [0.05, 0.1) is 19.0 Å². The van der Waals surface area contributed by atoms with Crippen molar-refractivity contribution in [3.8, 4) is 5.82 Å². The molecule has 0 aliphatic carbocycles. The summed E-state index contributed by atoms with van der Waals surface area (Å²) in [6, 6.07) is 3.71. The Labute approximate surface area is 98.0 Å². The van der Waals surface area contributed by atoms with Crippen LogP contribution in [0.3, 0.4) is 0 Å². The molecule has 2 heterocycles. The van der Waals surface area contributed by atoms with Gasteiger partial charge in [0.15, 0.2) is 11.5 Å². The van der Waals surface area contributed by atoms with Gasteiger partial charge in [0.25, 0.3) is 0 Å². The predicted molar refractivity (Wildman–Crippen MR) is 61.8 cm³/mol. The number of rotatable bonds is 2. The Bertz CT molecular complexity index is 562. The van der Waals surface area contributed by atoms with Crippen molar-refractivity contribution in [2.45, 2.75) is 6.92 Å². The van der Waals surface area contributed by atoms with E-state index in [1.807, 2.05) is 19.1 Å². The summed E-state index contributed by atoms with van der Waals surface area (Å²) in [5.41, 5.74) is 7.08. The van der Waals surface area contributed by atoms with E-state index in [1.54, 1.807) is 6.20 Å². The van der Waals surface area contributed by atoms with E-state index in [1.165, 1.54) is 18.0 Å². The van der Waals surface area contributed by atoms with Crippen molar-refractivity contribution in [1.29, 1.82) is 0 Å². The number of aromatic nitrogens is 3. The lowest BCUT2D eigenvalue weighted by Gasteiger charge is -2.00. The van der Waals surface area contributed by atoms with Gasteiger partial charge in [-0.2, -0.15) is 5.10 Å². The maximum absolute atomic E-state index is 11.3. The number of nitrogen functional groups attached to an aromatic ring is 1. The van der Waals surface area contributed by atoms with E-state index in [2.05, 4.69) is 14.8 Å². The van der Waals surface area contributed by atoms with Crippen molar-refractivity contribution in [2.24, 2.45) is 0 Å². The summed E-state index contributed by atoms with van der Waals surface area (Å²) in [5, 5.41) is 4.05. The Morgan fingerprint density at radius 2 is 2.29 bits per heavy atom. The lowest BCUT2D eigenvalue weighted by Crippen LogP contribution is -2.06. The van der Waals surface area contributed by atoms with E-state index < -0.39 is 5.97 Å². The molecule has 0 saturated heterocycles. The van der Waals surface area contributed by atoms with Crippen LogP contribution < -0.4 is 5.73 Å². The summed E-state index contributed by atoms with van der Waals surface area (Å²) in [6.07, 6.45) is 3.20. The van der Waals surface area contributed by atoms with Crippen LogP contribution in [-0.4, -0.2) is 27.8 Å². The Kier molecular flexibility index (Phi) is 2.78. The Morgan fingerprint density at radius 3 is 2.94 bits per heavy atom. The number of nitrogens with zero attached hydrogens (tertiary/aromatic N) is 3. The summed E-state index contributed by atoms with van der Waals surface area (Å²) in [7, 11) is 1.28. The third-order valence-corrected chi connectivity index (χ3v) is 2.26. The molecule has 2 aromatic rings. The molecule has 0 saturated carbocycles. The van der Waals surface area contributed by atoms with E-state index in [4.69, 9.17) is 5.73 Å². The average Bonchev–Trinajstić information content (AvgIpc) is 2.70. The molecule has 0 bridgehead atoms. The molecular weight excluding hydrogens is 220 g/mol. The van der Waals surface area contributed by atoms with Gasteiger partial charge in [0.1, 0.15) is 0 Å². The van der Waals surface area contributed by atoms with Gasteiger partial charge >= 0.3 is 5.97 Å². The second-order valence-corrected chi connectivity index (χ2v) is 3.56. The van der Waals surface area contributed by atoms with Gasteiger partial charge in [-0.3, -0.25) is 0 Å². The maximum atomic E-state index is 11.3. The second-order valence-electron chi connectivity index (χ2n) is 3.56. The van der Waals surface area contributed by atoms with Crippen LogP contribution in [0.15, 0.2) is 24.5 Å². The van der Waals surface area contributed by atoms with E-state index in [0.29, 0.717) is 5.82 Å². The van der Waals surface area contributed by atoms with Gasteiger partial charge in [-0.05, 0) is 24.6 Å². The van der Waals surface area contributed by atoms with Gasteiger partial charge in [-0.15, -0.1) is 0 Å². The number of hydrogen-bond donors (Lipinski definition) is 1. The zero-order valence-electron chi connectivity index (χ0n) is 9.54. The highest BCUT2D eigenvalue weighted by Gasteiger charge is 2.16. The summed E-state index contributed by atoms with van der Waals surface area (Å²) in [4.78, 5) is 15.5. The van der Waals surface area contributed by atoms with Gasteiger partial charge in [0, 0.05) is 6.20 Å². The molecule has 0 fully saturated rings. The molecule has 0 aliphatic rings. The number of pyridine rings is 1. The zero-order valence-corrected chi connectivity index (χ0v) is 9.54. The van der Waals surface area contributed by atoms with E-state index in [-0.39, 0.29) is 11.4 Å². The maximum Gasteiger partial charge on any atom is 0.360 e. The number of ether oxygens (including phenoxy) is 1. The number of carbonyl (C=O) groups excluding carboxylic acids is 1. The Balaban J connectivity index is 2.44. The van der Waals surface area contributed by atoms with E-state index >= 15 is 0 Å². The van der Waals surface area contributed by atoms with Crippen LogP contribution in [-0.2, 0) is 4.74 Å². The van der Waals surface area contributed by atoms with Crippen molar-refractivity contribution < 1.29 is 9.53 Å². The zero-order chi connectivity index (χ0) is 12.4. The summed E-state index contributed by atoms with van der Waals surface area (Å²) in [5.74, 6) is 0.0424. The topological polar surface area (TPSA) is 83.0 Å². The third-order valence-electron chi connectivity index (χ3n) is 2.26. The quantitative estimate of drug-likeness (QED) is 0.779. The third kappa shape index (κ3) is 2.10. The van der Waals surface area contributed by atoms with Crippen molar-refractivity contribution >= 4 is 11.7 Å². The SMILES string of the molecule is COC(=O)c1nn(-c2cc(C)ccn2)cc1N. The molecule has 0 aromatic carbocycles. The minimum absolute atomic E-state index is 0.0933. The minimum atomic E-state index is -0.561. The number of hydrogen-bond acceptors (Lipinski definition) is 5. The van der Waals surface area contributed by atoms with Crippen molar-refractivity contribution in [3.05, 3.63) is 35.8 Å². The fraction of sp³-hybridized carbons (Fsp3) is 0.182. The molecule has 0 unspecified atom stereocenters. The summed E-state index contributed by atoms with van der Waals surface area (Å²) < 4.78 is 6.03. The Hall–Kier alpha value is -2.37. The molecule has 17 heavy (non-hydrogen) atoms. The molecule has 0 aliphatic heterocycles. The van der Waals surface area contributed by atoms with Gasteiger partial charge in [0.2, 0.25) is 0 Å². The molecule has 88 valence electrons. The first-order chi connectivity index (χ1) is 8.11. The molecular formula is C11H12N4O2.